The molecular weight excluding hydrogens is 250 g/mol. The molecule has 3 nitrogen and oxygen atoms in total. The average Bonchev–Trinajstić information content (AvgIpc) is 2.40. The van der Waals surface area contributed by atoms with E-state index in [-0.39, 0.29) is 11.3 Å². The molecule has 0 bridgehead atoms. The lowest BCUT2D eigenvalue weighted by Crippen LogP contribution is -2.14. The van der Waals surface area contributed by atoms with Crippen molar-refractivity contribution in [2.24, 2.45) is 0 Å². The largest absolute Gasteiger partial charge is 0.292 e. The molecule has 1 atom stereocenters. The Morgan fingerprint density at radius 1 is 1.26 bits per heavy atom. The molecule has 0 N–H and O–H groups in total. The third-order valence-corrected chi connectivity index (χ3v) is 2.57. The van der Waals surface area contributed by atoms with E-state index in [9.17, 15) is 13.6 Å². The molecule has 1 aromatic heterocycles. The predicted molar refractivity (Wildman–Crippen MR) is 63.3 cm³/mol. The maximum Gasteiger partial charge on any atom is 0.189 e. The fraction of sp³-hybridized carbons (Fsp3) is 0.0714. The third kappa shape index (κ3) is 2.63. The number of aromatic nitrogens is 1. The molecule has 1 heterocycles. The Morgan fingerprint density at radius 3 is 2.63 bits per heavy atom. The average molecular weight is 258 g/mol. The highest BCUT2D eigenvalue weighted by Gasteiger charge is 2.25. The molecule has 0 unspecified atom stereocenters. The van der Waals surface area contributed by atoms with Gasteiger partial charge in [-0.05, 0) is 24.3 Å². The summed E-state index contributed by atoms with van der Waals surface area (Å²) >= 11 is 0. The van der Waals surface area contributed by atoms with Gasteiger partial charge in [0.2, 0.25) is 0 Å². The molecule has 0 saturated carbocycles. The molecule has 0 aliphatic carbocycles. The van der Waals surface area contributed by atoms with Gasteiger partial charge < -0.3 is 0 Å². The number of ketones is 1. The third-order valence-electron chi connectivity index (χ3n) is 2.57. The minimum Gasteiger partial charge on any atom is -0.292 e. The summed E-state index contributed by atoms with van der Waals surface area (Å²) in [5, 5.41) is 9.05. The molecule has 1 aromatic carbocycles. The molecule has 2 aromatic rings. The highest BCUT2D eigenvalue weighted by molar-refractivity contribution is 6.02. The zero-order valence-electron chi connectivity index (χ0n) is 9.68. The number of Topliss-reactive ketones (excluding diaryl/α,β-unsaturated/α-hetero) is 1. The maximum absolute atomic E-state index is 13.5. The first kappa shape index (κ1) is 12.8. The SMILES string of the molecule is N#C[C@@H](C(=O)c1ccc(F)cc1F)c1ccccn1. The van der Waals surface area contributed by atoms with E-state index in [0.717, 1.165) is 12.1 Å². The summed E-state index contributed by atoms with van der Waals surface area (Å²) in [5.74, 6) is -3.71. The monoisotopic (exact) mass is 258 g/mol. The Bertz CT molecular complexity index is 650. The molecule has 19 heavy (non-hydrogen) atoms. The lowest BCUT2D eigenvalue weighted by atomic mass is 9.95. The van der Waals surface area contributed by atoms with Crippen molar-refractivity contribution < 1.29 is 13.6 Å². The van der Waals surface area contributed by atoms with E-state index in [1.807, 2.05) is 0 Å². The Balaban J connectivity index is 2.40. The van der Waals surface area contributed by atoms with Crippen LogP contribution in [0, 0.1) is 23.0 Å². The molecule has 0 aliphatic heterocycles. The lowest BCUT2D eigenvalue weighted by molar-refractivity contribution is 0.0973. The van der Waals surface area contributed by atoms with Crippen LogP contribution in [0.2, 0.25) is 0 Å². The van der Waals surface area contributed by atoms with Crippen LogP contribution in [0.3, 0.4) is 0 Å². The summed E-state index contributed by atoms with van der Waals surface area (Å²) in [7, 11) is 0. The zero-order valence-corrected chi connectivity index (χ0v) is 9.68. The highest BCUT2D eigenvalue weighted by atomic mass is 19.1. The van der Waals surface area contributed by atoms with Crippen LogP contribution in [-0.2, 0) is 0 Å². The summed E-state index contributed by atoms with van der Waals surface area (Å²) < 4.78 is 26.3. The van der Waals surface area contributed by atoms with Crippen LogP contribution in [0.4, 0.5) is 8.78 Å². The summed E-state index contributed by atoms with van der Waals surface area (Å²) in [6.45, 7) is 0. The van der Waals surface area contributed by atoms with Crippen LogP contribution in [0.15, 0.2) is 42.6 Å². The number of rotatable bonds is 3. The minimum atomic E-state index is -1.21. The summed E-state index contributed by atoms with van der Waals surface area (Å²) in [6.07, 6.45) is 1.44. The molecule has 0 saturated heterocycles. The van der Waals surface area contributed by atoms with Crippen molar-refractivity contribution in [1.82, 2.24) is 4.98 Å². The Hall–Kier alpha value is -2.61. The fourth-order valence-electron chi connectivity index (χ4n) is 1.65. The standard InChI is InChI=1S/C14H8F2N2O/c15-9-4-5-10(12(16)7-9)14(19)11(8-17)13-3-1-2-6-18-13/h1-7,11H/t11-/m1/s1. The molecule has 0 radical (unpaired) electrons. The van der Waals surface area contributed by atoms with E-state index in [2.05, 4.69) is 4.98 Å². The topological polar surface area (TPSA) is 53.8 Å². The van der Waals surface area contributed by atoms with Crippen LogP contribution in [0.5, 0.6) is 0 Å². The first-order valence-electron chi connectivity index (χ1n) is 5.43. The highest BCUT2D eigenvalue weighted by Crippen LogP contribution is 2.20. The van der Waals surface area contributed by atoms with E-state index in [1.165, 1.54) is 12.3 Å². The van der Waals surface area contributed by atoms with Gasteiger partial charge >= 0.3 is 0 Å². The van der Waals surface area contributed by atoms with Crippen molar-refractivity contribution in [3.05, 3.63) is 65.5 Å². The quantitative estimate of drug-likeness (QED) is 0.795. The number of benzene rings is 1. The lowest BCUT2D eigenvalue weighted by Gasteiger charge is -2.08. The second-order valence-electron chi connectivity index (χ2n) is 3.81. The Kier molecular flexibility index (Phi) is 3.62. The van der Waals surface area contributed by atoms with Crippen molar-refractivity contribution in [3.63, 3.8) is 0 Å². The van der Waals surface area contributed by atoms with Crippen LogP contribution >= 0.6 is 0 Å². The zero-order chi connectivity index (χ0) is 13.8. The van der Waals surface area contributed by atoms with Gasteiger partial charge in [0.15, 0.2) is 11.7 Å². The number of hydrogen-bond donors (Lipinski definition) is 0. The number of nitriles is 1. The minimum absolute atomic E-state index is 0.235. The van der Waals surface area contributed by atoms with Crippen LogP contribution in [-0.4, -0.2) is 10.8 Å². The molecule has 0 spiro atoms. The molecule has 5 heteroatoms. The first-order valence-corrected chi connectivity index (χ1v) is 5.43. The van der Waals surface area contributed by atoms with Gasteiger partial charge in [-0.1, -0.05) is 6.07 Å². The van der Waals surface area contributed by atoms with Gasteiger partial charge in [-0.25, -0.2) is 8.78 Å². The van der Waals surface area contributed by atoms with Crippen molar-refractivity contribution in [2.75, 3.05) is 0 Å². The van der Waals surface area contributed by atoms with Gasteiger partial charge in [0.05, 0.1) is 17.3 Å². The molecule has 94 valence electrons. The molecule has 0 aliphatic rings. The van der Waals surface area contributed by atoms with Gasteiger partial charge in [-0.2, -0.15) is 5.26 Å². The van der Waals surface area contributed by atoms with Gasteiger partial charge in [-0.3, -0.25) is 9.78 Å². The van der Waals surface area contributed by atoms with Crippen LogP contribution in [0.1, 0.15) is 22.0 Å². The van der Waals surface area contributed by atoms with Crippen molar-refractivity contribution in [1.29, 1.82) is 5.26 Å². The fourth-order valence-corrected chi connectivity index (χ4v) is 1.65. The number of halogens is 2. The number of hydrogen-bond acceptors (Lipinski definition) is 3. The van der Waals surface area contributed by atoms with Gasteiger partial charge in [-0.15, -0.1) is 0 Å². The second-order valence-corrected chi connectivity index (χ2v) is 3.81. The predicted octanol–water partition coefficient (Wildman–Crippen LogP) is 2.85. The number of pyridine rings is 1. The van der Waals surface area contributed by atoms with E-state index in [0.29, 0.717) is 6.07 Å². The van der Waals surface area contributed by atoms with Crippen molar-refractivity contribution in [3.8, 4) is 6.07 Å². The van der Waals surface area contributed by atoms with Gasteiger partial charge in [0.1, 0.15) is 11.6 Å². The van der Waals surface area contributed by atoms with E-state index < -0.39 is 23.3 Å². The van der Waals surface area contributed by atoms with Crippen molar-refractivity contribution in [2.45, 2.75) is 5.92 Å². The van der Waals surface area contributed by atoms with Gasteiger partial charge in [0.25, 0.3) is 0 Å². The van der Waals surface area contributed by atoms with Gasteiger partial charge in [0, 0.05) is 12.3 Å². The van der Waals surface area contributed by atoms with E-state index in [1.54, 1.807) is 18.2 Å². The number of nitrogens with zero attached hydrogens (tertiary/aromatic N) is 2. The normalized spacial score (nSPS) is 11.6. The van der Waals surface area contributed by atoms with E-state index in [4.69, 9.17) is 5.26 Å². The second kappa shape index (κ2) is 5.36. The first-order chi connectivity index (χ1) is 9.13. The molecule has 0 amide bonds. The van der Waals surface area contributed by atoms with Crippen molar-refractivity contribution >= 4 is 5.78 Å². The summed E-state index contributed by atoms with van der Waals surface area (Å²) in [6, 6.07) is 9.17. The number of carbonyl (C=O) groups is 1. The van der Waals surface area contributed by atoms with Crippen LogP contribution < -0.4 is 0 Å². The van der Waals surface area contributed by atoms with Crippen LogP contribution in [0.25, 0.3) is 0 Å². The summed E-state index contributed by atoms with van der Waals surface area (Å²) in [5.41, 5.74) is -0.0858. The maximum atomic E-state index is 13.5. The molecule has 2 rings (SSSR count). The summed E-state index contributed by atoms with van der Waals surface area (Å²) in [4.78, 5) is 16.0. The number of carbonyl (C=O) groups excluding carboxylic acids is 1. The Morgan fingerprint density at radius 2 is 2.05 bits per heavy atom. The smallest absolute Gasteiger partial charge is 0.189 e. The molecule has 0 fully saturated rings. The van der Waals surface area contributed by atoms with E-state index >= 15 is 0 Å². The Labute approximate surface area is 108 Å². The molecular formula is C14H8F2N2O.